The Hall–Kier alpha value is -3.31. The zero-order valence-electron chi connectivity index (χ0n) is 18.1. The van der Waals surface area contributed by atoms with Crippen molar-refractivity contribution in [3.05, 3.63) is 62.8 Å². The normalized spacial score (nSPS) is 13.8. The van der Waals surface area contributed by atoms with Gasteiger partial charge in [-0.15, -0.1) is 5.10 Å². The summed E-state index contributed by atoms with van der Waals surface area (Å²) < 4.78 is 31.7. The molecular formula is C21H21ClF2N6O3. The maximum Gasteiger partial charge on any atom is 0.352 e. The van der Waals surface area contributed by atoms with E-state index < -0.39 is 35.7 Å². The van der Waals surface area contributed by atoms with Crippen LogP contribution in [0.25, 0.3) is 5.82 Å². The van der Waals surface area contributed by atoms with E-state index in [9.17, 15) is 19.1 Å². The number of hydrogen-bond donors (Lipinski definition) is 1. The van der Waals surface area contributed by atoms with Gasteiger partial charge in [0.2, 0.25) is 0 Å². The quantitative estimate of drug-likeness (QED) is 0.605. The highest BCUT2D eigenvalue weighted by molar-refractivity contribution is 6.34. The second kappa shape index (κ2) is 8.56. The van der Waals surface area contributed by atoms with Crippen molar-refractivity contribution >= 4 is 29.0 Å². The third-order valence-electron chi connectivity index (χ3n) is 5.41. The molecule has 33 heavy (non-hydrogen) atoms. The molecule has 0 unspecified atom stereocenters. The fourth-order valence-electron chi connectivity index (χ4n) is 3.76. The molecule has 12 heteroatoms. The van der Waals surface area contributed by atoms with Crippen molar-refractivity contribution in [2.75, 3.05) is 16.5 Å². The Bertz CT molecular complexity index is 1290. The summed E-state index contributed by atoms with van der Waals surface area (Å²) in [5.41, 5.74) is -0.901. The summed E-state index contributed by atoms with van der Waals surface area (Å²) in [6.07, 6.45) is 0. The fourth-order valence-corrected chi connectivity index (χ4v) is 4.03. The number of nitrogens with zero attached hydrogens (tertiary/aromatic N) is 6. The molecule has 0 bridgehead atoms. The summed E-state index contributed by atoms with van der Waals surface area (Å²) >= 11 is 6.17. The zero-order chi connectivity index (χ0) is 24.0. The molecule has 0 spiro atoms. The van der Waals surface area contributed by atoms with E-state index in [0.29, 0.717) is 0 Å². The van der Waals surface area contributed by atoms with Gasteiger partial charge in [0.05, 0.1) is 10.6 Å². The molecule has 1 aromatic carbocycles. The van der Waals surface area contributed by atoms with Crippen LogP contribution in [0.1, 0.15) is 37.0 Å². The first-order valence-electron chi connectivity index (χ1n) is 10.2. The number of carbonyl (C=O) groups excluding carboxylic acids is 1. The van der Waals surface area contributed by atoms with E-state index in [1.54, 1.807) is 11.8 Å². The first-order valence-corrected chi connectivity index (χ1v) is 10.6. The largest absolute Gasteiger partial charge is 0.388 e. The van der Waals surface area contributed by atoms with Crippen LogP contribution in [-0.2, 0) is 13.2 Å². The summed E-state index contributed by atoms with van der Waals surface area (Å²) in [5.74, 6) is -2.58. The second-order valence-corrected chi connectivity index (χ2v) is 8.09. The lowest BCUT2D eigenvalue weighted by molar-refractivity contribution is 0.0979. The number of pyridine rings is 1. The van der Waals surface area contributed by atoms with Crippen molar-refractivity contribution in [1.82, 2.24) is 19.3 Å². The molecule has 1 amide bonds. The van der Waals surface area contributed by atoms with Gasteiger partial charge in [-0.05, 0) is 39.0 Å². The van der Waals surface area contributed by atoms with Crippen LogP contribution in [0.5, 0.6) is 0 Å². The van der Waals surface area contributed by atoms with E-state index in [2.05, 4.69) is 10.1 Å². The van der Waals surface area contributed by atoms with Crippen molar-refractivity contribution in [3.8, 4) is 5.82 Å². The summed E-state index contributed by atoms with van der Waals surface area (Å²) in [5, 5.41) is 13.5. The average molecular weight is 479 g/mol. The topological polar surface area (TPSA) is 96.5 Å². The van der Waals surface area contributed by atoms with E-state index >= 15 is 4.39 Å². The average Bonchev–Trinajstić information content (AvgIpc) is 3.10. The van der Waals surface area contributed by atoms with Crippen LogP contribution in [0, 0.1) is 11.6 Å². The van der Waals surface area contributed by atoms with Crippen molar-refractivity contribution < 1.29 is 18.7 Å². The molecule has 0 aliphatic carbocycles. The van der Waals surface area contributed by atoms with Crippen LogP contribution in [0.3, 0.4) is 0 Å². The Labute approximate surface area is 192 Å². The number of amides is 1. The Morgan fingerprint density at radius 1 is 1.18 bits per heavy atom. The van der Waals surface area contributed by atoms with Gasteiger partial charge in [0.25, 0.3) is 5.91 Å². The molecule has 4 rings (SSSR count). The first-order chi connectivity index (χ1) is 15.7. The lowest BCUT2D eigenvalue weighted by atomic mass is 10.1. The molecule has 3 aromatic rings. The molecule has 174 valence electrons. The van der Waals surface area contributed by atoms with Crippen LogP contribution < -0.4 is 15.5 Å². The molecule has 9 nitrogen and oxygen atoms in total. The third kappa shape index (κ3) is 3.66. The number of aliphatic hydroxyl groups excluding tert-OH is 1. The van der Waals surface area contributed by atoms with Gasteiger partial charge in [0.1, 0.15) is 30.6 Å². The smallest absolute Gasteiger partial charge is 0.352 e. The van der Waals surface area contributed by atoms with Crippen LogP contribution >= 0.6 is 11.6 Å². The lowest BCUT2D eigenvalue weighted by Crippen LogP contribution is -2.50. The van der Waals surface area contributed by atoms with Crippen molar-refractivity contribution in [1.29, 1.82) is 0 Å². The Balaban J connectivity index is 1.90. The number of halogens is 3. The number of rotatable bonds is 5. The predicted octanol–water partition coefficient (Wildman–Crippen LogP) is 2.71. The fraction of sp³-hybridized carbons (Fsp3) is 0.333. The van der Waals surface area contributed by atoms with Gasteiger partial charge in [0, 0.05) is 12.6 Å². The molecule has 2 aromatic heterocycles. The molecule has 0 saturated carbocycles. The van der Waals surface area contributed by atoms with E-state index in [1.807, 2.05) is 13.8 Å². The maximum atomic E-state index is 15.2. The molecule has 0 atom stereocenters. The third-order valence-corrected chi connectivity index (χ3v) is 5.71. The summed E-state index contributed by atoms with van der Waals surface area (Å²) in [7, 11) is 0. The highest BCUT2D eigenvalue weighted by Gasteiger charge is 2.36. The van der Waals surface area contributed by atoms with Crippen molar-refractivity contribution in [2.24, 2.45) is 0 Å². The Morgan fingerprint density at radius 3 is 2.48 bits per heavy atom. The van der Waals surface area contributed by atoms with E-state index in [0.717, 1.165) is 15.6 Å². The number of para-hydroxylation sites is 1. The molecule has 1 aliphatic rings. The molecule has 0 radical (unpaired) electrons. The Kier molecular flexibility index (Phi) is 5.93. The minimum absolute atomic E-state index is 0.0359. The minimum Gasteiger partial charge on any atom is -0.388 e. The maximum absolute atomic E-state index is 15.2. The van der Waals surface area contributed by atoms with Crippen molar-refractivity contribution in [3.63, 3.8) is 0 Å². The van der Waals surface area contributed by atoms with Gasteiger partial charge in [-0.1, -0.05) is 17.7 Å². The van der Waals surface area contributed by atoms with E-state index in [-0.39, 0.29) is 47.2 Å². The monoisotopic (exact) mass is 478 g/mol. The molecule has 0 fully saturated rings. The number of aliphatic hydroxyl groups is 1. The highest BCUT2D eigenvalue weighted by atomic mass is 35.5. The zero-order valence-corrected chi connectivity index (χ0v) is 18.8. The van der Waals surface area contributed by atoms with Crippen LogP contribution in [-0.4, -0.2) is 43.1 Å². The standard InChI is InChI=1S/C21H21ClF2N6O3/c1-4-27-16(9-31)26-30(21(27)33)19-15(24)8-12-18(25-19)28(11(2)3)10-29(20(12)32)17-13(22)6-5-7-14(17)23/h5-8,11,31H,4,9-10H2,1-3H3. The summed E-state index contributed by atoms with van der Waals surface area (Å²) in [4.78, 5) is 33.0. The van der Waals surface area contributed by atoms with E-state index in [1.165, 1.54) is 22.8 Å². The molecule has 1 aliphatic heterocycles. The van der Waals surface area contributed by atoms with Gasteiger partial charge in [-0.25, -0.2) is 18.6 Å². The minimum atomic E-state index is -0.973. The van der Waals surface area contributed by atoms with Gasteiger partial charge in [0.15, 0.2) is 17.5 Å². The van der Waals surface area contributed by atoms with Crippen LogP contribution in [0.15, 0.2) is 29.1 Å². The molecule has 0 saturated heterocycles. The number of benzene rings is 1. The molecule has 3 heterocycles. The number of anilines is 2. The van der Waals surface area contributed by atoms with Crippen LogP contribution in [0.4, 0.5) is 20.3 Å². The number of hydrogen-bond acceptors (Lipinski definition) is 6. The summed E-state index contributed by atoms with van der Waals surface area (Å²) in [6, 6.07) is 4.78. The Morgan fingerprint density at radius 2 is 1.91 bits per heavy atom. The SMILES string of the molecule is CCn1c(CO)nn(-c2nc3c(cc2F)C(=O)N(c2c(F)cccc2Cl)CN3C(C)C)c1=O. The number of carbonyl (C=O) groups is 1. The first kappa shape index (κ1) is 22.9. The second-order valence-electron chi connectivity index (χ2n) is 7.69. The van der Waals surface area contributed by atoms with Crippen LogP contribution in [0.2, 0.25) is 5.02 Å². The van der Waals surface area contributed by atoms with Crippen molar-refractivity contribution in [2.45, 2.75) is 40.0 Å². The van der Waals surface area contributed by atoms with E-state index in [4.69, 9.17) is 11.6 Å². The number of aromatic nitrogens is 4. The number of fused-ring (bicyclic) bond motifs is 1. The lowest BCUT2D eigenvalue weighted by Gasteiger charge is -2.39. The highest BCUT2D eigenvalue weighted by Crippen LogP contribution is 2.36. The molecule has 1 N–H and O–H groups in total. The summed E-state index contributed by atoms with van der Waals surface area (Å²) in [6.45, 7) is 4.95. The van der Waals surface area contributed by atoms with Gasteiger partial charge < -0.3 is 10.0 Å². The predicted molar refractivity (Wildman–Crippen MR) is 118 cm³/mol. The van der Waals surface area contributed by atoms with Gasteiger partial charge >= 0.3 is 5.69 Å². The molecular weight excluding hydrogens is 458 g/mol. The van der Waals surface area contributed by atoms with Gasteiger partial charge in [-0.3, -0.25) is 14.3 Å². The van der Waals surface area contributed by atoms with Gasteiger partial charge in [-0.2, -0.15) is 4.68 Å².